The summed E-state index contributed by atoms with van der Waals surface area (Å²) in [5, 5.41) is 2.91. The zero-order valence-electron chi connectivity index (χ0n) is 16.4. The maximum Gasteiger partial charge on any atom is 0.255 e. The number of carbonyl (C=O) groups is 1. The Morgan fingerprint density at radius 2 is 1.79 bits per heavy atom. The van der Waals surface area contributed by atoms with Gasteiger partial charge in [0.15, 0.2) is 0 Å². The molecule has 2 aromatic carbocycles. The third-order valence-corrected chi connectivity index (χ3v) is 6.86. The summed E-state index contributed by atoms with van der Waals surface area (Å²) in [5.74, 6) is 0.137. The van der Waals surface area contributed by atoms with Crippen LogP contribution in [0.5, 0.6) is 5.75 Å². The lowest BCUT2D eigenvalue weighted by Gasteiger charge is -2.18. The van der Waals surface area contributed by atoms with E-state index in [4.69, 9.17) is 4.74 Å². The number of carbonyl (C=O) groups excluding carboxylic acids is 1. The average Bonchev–Trinajstić information content (AvgIpc) is 3.23. The maximum atomic E-state index is 13.0. The molecule has 1 N–H and O–H groups in total. The lowest BCUT2D eigenvalue weighted by molar-refractivity contribution is 0.102. The molecular formula is C21H26N2O4S. The van der Waals surface area contributed by atoms with E-state index in [9.17, 15) is 13.2 Å². The fraction of sp³-hybridized carbons (Fsp3) is 0.381. The van der Waals surface area contributed by atoms with E-state index in [-0.39, 0.29) is 28.0 Å². The molecule has 0 saturated carbocycles. The Balaban J connectivity index is 1.94. The molecule has 1 amide bonds. The van der Waals surface area contributed by atoms with Gasteiger partial charge >= 0.3 is 0 Å². The lowest BCUT2D eigenvalue weighted by Crippen LogP contribution is -2.28. The van der Waals surface area contributed by atoms with Gasteiger partial charge in [0.2, 0.25) is 10.0 Å². The minimum Gasteiger partial charge on any atom is -0.495 e. The van der Waals surface area contributed by atoms with Gasteiger partial charge in [-0.1, -0.05) is 32.0 Å². The van der Waals surface area contributed by atoms with Gasteiger partial charge in [0.05, 0.1) is 7.11 Å². The molecule has 0 radical (unpaired) electrons. The van der Waals surface area contributed by atoms with E-state index in [0.29, 0.717) is 13.1 Å². The highest BCUT2D eigenvalue weighted by Gasteiger charge is 2.30. The summed E-state index contributed by atoms with van der Waals surface area (Å²) >= 11 is 0. The Hall–Kier alpha value is -2.38. The van der Waals surface area contributed by atoms with Gasteiger partial charge in [-0.15, -0.1) is 0 Å². The highest BCUT2D eigenvalue weighted by atomic mass is 32.2. The van der Waals surface area contributed by atoms with E-state index >= 15 is 0 Å². The Bertz CT molecular complexity index is 964. The second kappa shape index (κ2) is 8.32. The molecule has 1 aliphatic rings. The molecule has 0 aromatic heterocycles. The summed E-state index contributed by atoms with van der Waals surface area (Å²) in [6, 6.07) is 12.1. The first-order valence-electron chi connectivity index (χ1n) is 9.43. The monoisotopic (exact) mass is 402 g/mol. The Kier molecular flexibility index (Phi) is 6.05. The Morgan fingerprint density at radius 3 is 2.43 bits per heavy atom. The Morgan fingerprint density at radius 1 is 1.11 bits per heavy atom. The van der Waals surface area contributed by atoms with E-state index in [1.807, 2.05) is 24.3 Å². The smallest absolute Gasteiger partial charge is 0.255 e. The standard InChI is InChI=1S/C21H26N2O4S/c1-15(2)17-8-4-5-9-18(17)22-21(24)16-10-11-19(27-3)20(14-16)28(25,26)23-12-6-7-13-23/h4-5,8-11,14-15H,6-7,12-13H2,1-3H3,(H,22,24). The van der Waals surface area contributed by atoms with Gasteiger partial charge < -0.3 is 10.1 Å². The number of rotatable bonds is 6. The second-order valence-electron chi connectivity index (χ2n) is 7.17. The van der Waals surface area contributed by atoms with Gasteiger partial charge in [-0.05, 0) is 48.6 Å². The molecule has 1 saturated heterocycles. The van der Waals surface area contributed by atoms with Crippen LogP contribution in [0.1, 0.15) is 48.5 Å². The molecule has 1 heterocycles. The minimum absolute atomic E-state index is 0.0293. The average molecular weight is 403 g/mol. The number of nitrogens with zero attached hydrogens (tertiary/aromatic N) is 1. The number of sulfonamides is 1. The van der Waals surface area contributed by atoms with E-state index in [2.05, 4.69) is 19.2 Å². The third-order valence-electron chi connectivity index (χ3n) is 4.94. The van der Waals surface area contributed by atoms with Crippen LogP contribution in [0.15, 0.2) is 47.4 Å². The van der Waals surface area contributed by atoms with Crippen LogP contribution in [0.4, 0.5) is 5.69 Å². The number of anilines is 1. The van der Waals surface area contributed by atoms with Gasteiger partial charge in [-0.25, -0.2) is 8.42 Å². The number of para-hydroxylation sites is 1. The first-order valence-corrected chi connectivity index (χ1v) is 10.9. The van der Waals surface area contributed by atoms with Crippen molar-refractivity contribution < 1.29 is 17.9 Å². The van der Waals surface area contributed by atoms with Crippen LogP contribution < -0.4 is 10.1 Å². The van der Waals surface area contributed by atoms with Crippen molar-refractivity contribution in [3.8, 4) is 5.75 Å². The largest absolute Gasteiger partial charge is 0.495 e. The summed E-state index contributed by atoms with van der Waals surface area (Å²) < 4.78 is 32.7. The SMILES string of the molecule is COc1ccc(C(=O)Nc2ccccc2C(C)C)cc1S(=O)(=O)N1CCCC1. The molecule has 3 rings (SSSR count). The van der Waals surface area contributed by atoms with Crippen LogP contribution >= 0.6 is 0 Å². The molecule has 7 heteroatoms. The fourth-order valence-corrected chi connectivity index (χ4v) is 5.09. The third kappa shape index (κ3) is 4.05. The van der Waals surface area contributed by atoms with Crippen molar-refractivity contribution in [3.05, 3.63) is 53.6 Å². The van der Waals surface area contributed by atoms with Crippen molar-refractivity contribution in [2.24, 2.45) is 0 Å². The van der Waals surface area contributed by atoms with E-state index in [1.54, 1.807) is 6.07 Å². The molecule has 6 nitrogen and oxygen atoms in total. The Labute approximate surface area is 166 Å². The van der Waals surface area contributed by atoms with Crippen LogP contribution in [-0.4, -0.2) is 38.8 Å². The number of methoxy groups -OCH3 is 1. The van der Waals surface area contributed by atoms with Gasteiger partial charge in [-0.2, -0.15) is 4.31 Å². The number of hydrogen-bond acceptors (Lipinski definition) is 4. The fourth-order valence-electron chi connectivity index (χ4n) is 3.40. The zero-order valence-corrected chi connectivity index (χ0v) is 17.3. The number of nitrogens with one attached hydrogen (secondary N) is 1. The molecule has 28 heavy (non-hydrogen) atoms. The molecule has 1 aliphatic heterocycles. The van der Waals surface area contributed by atoms with Crippen LogP contribution in [0.3, 0.4) is 0 Å². The molecule has 0 unspecified atom stereocenters. The van der Waals surface area contributed by atoms with Crippen LogP contribution in [0.25, 0.3) is 0 Å². The molecular weight excluding hydrogens is 376 g/mol. The molecule has 0 atom stereocenters. The predicted octanol–water partition coefficient (Wildman–Crippen LogP) is 3.86. The van der Waals surface area contributed by atoms with Crippen molar-refractivity contribution in [1.29, 1.82) is 0 Å². The second-order valence-corrected chi connectivity index (χ2v) is 9.08. The summed E-state index contributed by atoms with van der Waals surface area (Å²) in [6.45, 7) is 5.09. The molecule has 150 valence electrons. The van der Waals surface area contributed by atoms with Gasteiger partial charge in [0, 0.05) is 24.3 Å². The molecule has 0 aliphatic carbocycles. The summed E-state index contributed by atoms with van der Waals surface area (Å²) in [4.78, 5) is 12.9. The summed E-state index contributed by atoms with van der Waals surface area (Å²) in [7, 11) is -2.28. The topological polar surface area (TPSA) is 75.7 Å². The first kappa shape index (κ1) is 20.4. The van der Waals surface area contributed by atoms with Crippen LogP contribution in [0, 0.1) is 0 Å². The predicted molar refractivity (Wildman–Crippen MR) is 109 cm³/mol. The number of hydrogen-bond donors (Lipinski definition) is 1. The van der Waals surface area contributed by atoms with Crippen molar-refractivity contribution >= 4 is 21.6 Å². The molecule has 0 bridgehead atoms. The van der Waals surface area contributed by atoms with E-state index < -0.39 is 10.0 Å². The number of amides is 1. The first-order chi connectivity index (χ1) is 13.3. The highest BCUT2D eigenvalue weighted by Crippen LogP contribution is 2.30. The van der Waals surface area contributed by atoms with Gasteiger partial charge in [0.1, 0.15) is 10.6 Å². The molecule has 0 spiro atoms. The van der Waals surface area contributed by atoms with Crippen molar-refractivity contribution in [1.82, 2.24) is 4.31 Å². The minimum atomic E-state index is -3.70. The quantitative estimate of drug-likeness (QED) is 0.796. The zero-order chi connectivity index (χ0) is 20.3. The maximum absolute atomic E-state index is 13.0. The summed E-state index contributed by atoms with van der Waals surface area (Å²) in [6.07, 6.45) is 1.68. The summed E-state index contributed by atoms with van der Waals surface area (Å²) in [5.41, 5.74) is 2.02. The van der Waals surface area contributed by atoms with Crippen molar-refractivity contribution in [2.45, 2.75) is 37.5 Å². The van der Waals surface area contributed by atoms with Crippen LogP contribution in [0.2, 0.25) is 0 Å². The number of benzene rings is 2. The normalized spacial score (nSPS) is 15.0. The molecule has 2 aromatic rings. The van der Waals surface area contributed by atoms with E-state index in [1.165, 1.54) is 23.5 Å². The van der Waals surface area contributed by atoms with Crippen LogP contribution in [-0.2, 0) is 10.0 Å². The van der Waals surface area contributed by atoms with E-state index in [0.717, 1.165) is 24.1 Å². The molecule has 1 fully saturated rings. The van der Waals surface area contributed by atoms with Gasteiger partial charge in [0.25, 0.3) is 5.91 Å². The number of ether oxygens (including phenoxy) is 1. The highest BCUT2D eigenvalue weighted by molar-refractivity contribution is 7.89. The van der Waals surface area contributed by atoms with Gasteiger partial charge in [-0.3, -0.25) is 4.79 Å². The lowest BCUT2D eigenvalue weighted by atomic mass is 10.0. The van der Waals surface area contributed by atoms with Crippen molar-refractivity contribution in [2.75, 3.05) is 25.5 Å². The van der Waals surface area contributed by atoms with Crippen molar-refractivity contribution in [3.63, 3.8) is 0 Å².